The number of hydrogen-bond donors (Lipinski definition) is 2. The van der Waals surface area contributed by atoms with E-state index < -0.39 is 10.0 Å². The molecule has 0 saturated heterocycles. The Kier molecular flexibility index (Phi) is 3.59. The summed E-state index contributed by atoms with van der Waals surface area (Å²) in [4.78, 5) is 0.180. The molecule has 0 amide bonds. The molecule has 0 unspecified atom stereocenters. The standard InChI is InChI=1S/C12H15N3O3S/c1-8-5-11(3-4-12(8)13)19(16,17)14-7-10-6-9(2)18-15-10/h3-6,14H,7,13H2,1-2H3. The van der Waals surface area contributed by atoms with Gasteiger partial charge in [0.25, 0.3) is 0 Å². The first-order valence-electron chi connectivity index (χ1n) is 5.66. The molecule has 0 radical (unpaired) electrons. The lowest BCUT2D eigenvalue weighted by Gasteiger charge is -2.07. The number of sulfonamides is 1. The van der Waals surface area contributed by atoms with Gasteiger partial charge < -0.3 is 10.3 Å². The Labute approximate surface area is 111 Å². The fraction of sp³-hybridized carbons (Fsp3) is 0.250. The minimum absolute atomic E-state index is 0.0864. The third-order valence-corrected chi connectivity index (χ3v) is 4.07. The molecule has 1 heterocycles. The largest absolute Gasteiger partial charge is 0.399 e. The van der Waals surface area contributed by atoms with E-state index in [0.29, 0.717) is 17.1 Å². The van der Waals surface area contributed by atoms with Crippen LogP contribution in [0.1, 0.15) is 17.0 Å². The number of nitrogens with two attached hydrogens (primary N) is 1. The first-order chi connectivity index (χ1) is 8.88. The third-order valence-electron chi connectivity index (χ3n) is 2.67. The molecular formula is C12H15N3O3S. The van der Waals surface area contributed by atoms with E-state index in [9.17, 15) is 8.42 Å². The monoisotopic (exact) mass is 281 g/mol. The highest BCUT2D eigenvalue weighted by Crippen LogP contribution is 2.17. The van der Waals surface area contributed by atoms with Crippen LogP contribution in [0.5, 0.6) is 0 Å². The number of hydrogen-bond acceptors (Lipinski definition) is 5. The number of nitrogens with one attached hydrogen (secondary N) is 1. The molecule has 6 nitrogen and oxygen atoms in total. The van der Waals surface area contributed by atoms with Crippen molar-refractivity contribution in [2.75, 3.05) is 5.73 Å². The van der Waals surface area contributed by atoms with Crippen LogP contribution < -0.4 is 10.5 Å². The van der Waals surface area contributed by atoms with Crippen molar-refractivity contribution in [3.05, 3.63) is 41.3 Å². The number of aromatic nitrogens is 1. The Balaban J connectivity index is 2.16. The second-order valence-corrected chi connectivity index (χ2v) is 6.04. The summed E-state index contributed by atoms with van der Waals surface area (Å²) in [5, 5.41) is 3.72. The highest BCUT2D eigenvalue weighted by molar-refractivity contribution is 7.89. The van der Waals surface area contributed by atoms with Gasteiger partial charge in [-0.2, -0.15) is 0 Å². The number of aryl methyl sites for hydroxylation is 2. The predicted octanol–water partition coefficient (Wildman–Crippen LogP) is 1.35. The molecule has 2 rings (SSSR count). The summed E-state index contributed by atoms with van der Waals surface area (Å²) in [7, 11) is -3.58. The van der Waals surface area contributed by atoms with Gasteiger partial charge in [-0.05, 0) is 37.6 Å². The quantitative estimate of drug-likeness (QED) is 0.824. The molecule has 102 valence electrons. The Hall–Kier alpha value is -1.86. The minimum Gasteiger partial charge on any atom is -0.399 e. The summed E-state index contributed by atoms with van der Waals surface area (Å²) < 4.78 is 31.5. The summed E-state index contributed by atoms with van der Waals surface area (Å²) in [6.45, 7) is 3.59. The average Bonchev–Trinajstić information content (AvgIpc) is 2.76. The van der Waals surface area contributed by atoms with Gasteiger partial charge in [0, 0.05) is 11.8 Å². The van der Waals surface area contributed by atoms with Gasteiger partial charge in [0.1, 0.15) is 5.76 Å². The molecule has 1 aromatic heterocycles. The van der Waals surface area contributed by atoms with Gasteiger partial charge in [0.05, 0.1) is 17.1 Å². The molecular weight excluding hydrogens is 266 g/mol. The fourth-order valence-electron chi connectivity index (χ4n) is 1.57. The topological polar surface area (TPSA) is 98.2 Å². The van der Waals surface area contributed by atoms with Gasteiger partial charge in [-0.1, -0.05) is 5.16 Å². The molecule has 19 heavy (non-hydrogen) atoms. The summed E-state index contributed by atoms with van der Waals surface area (Å²) in [5.74, 6) is 0.637. The van der Waals surface area contributed by atoms with Gasteiger partial charge in [-0.3, -0.25) is 0 Å². The van der Waals surface area contributed by atoms with Gasteiger partial charge in [0.15, 0.2) is 0 Å². The first-order valence-corrected chi connectivity index (χ1v) is 7.15. The molecule has 3 N–H and O–H groups in total. The highest BCUT2D eigenvalue weighted by atomic mass is 32.2. The predicted molar refractivity (Wildman–Crippen MR) is 70.9 cm³/mol. The number of nitrogens with zero attached hydrogens (tertiary/aromatic N) is 1. The van der Waals surface area contributed by atoms with Crippen LogP contribution in [0.15, 0.2) is 33.7 Å². The van der Waals surface area contributed by atoms with Crippen molar-refractivity contribution in [1.82, 2.24) is 9.88 Å². The number of benzene rings is 1. The highest BCUT2D eigenvalue weighted by Gasteiger charge is 2.15. The second kappa shape index (κ2) is 5.02. The van der Waals surface area contributed by atoms with Crippen LogP contribution in [-0.2, 0) is 16.6 Å². The van der Waals surface area contributed by atoms with E-state index in [1.54, 1.807) is 26.0 Å². The van der Waals surface area contributed by atoms with Crippen molar-refractivity contribution in [2.24, 2.45) is 0 Å². The maximum Gasteiger partial charge on any atom is 0.240 e. The Morgan fingerprint density at radius 2 is 2.05 bits per heavy atom. The lowest BCUT2D eigenvalue weighted by Crippen LogP contribution is -2.23. The molecule has 0 saturated carbocycles. The number of nitrogen functional groups attached to an aromatic ring is 1. The normalized spacial score (nSPS) is 11.7. The third kappa shape index (κ3) is 3.12. The molecule has 1 aromatic carbocycles. The Bertz CT molecular complexity index is 692. The van der Waals surface area contributed by atoms with Crippen molar-refractivity contribution in [2.45, 2.75) is 25.3 Å². The average molecular weight is 281 g/mol. The van der Waals surface area contributed by atoms with Crippen molar-refractivity contribution in [1.29, 1.82) is 0 Å². The first kappa shape index (κ1) is 13.6. The van der Waals surface area contributed by atoms with Crippen molar-refractivity contribution in [3.8, 4) is 0 Å². The SMILES string of the molecule is Cc1cc(CNS(=O)(=O)c2ccc(N)c(C)c2)no1. The second-order valence-electron chi connectivity index (χ2n) is 4.27. The van der Waals surface area contributed by atoms with Gasteiger partial charge in [0.2, 0.25) is 10.0 Å². The molecule has 7 heteroatoms. The van der Waals surface area contributed by atoms with Crippen molar-refractivity contribution < 1.29 is 12.9 Å². The number of rotatable bonds is 4. The van der Waals surface area contributed by atoms with Crippen LogP contribution in [0, 0.1) is 13.8 Å². The molecule has 0 aliphatic rings. The maximum atomic E-state index is 12.1. The lowest BCUT2D eigenvalue weighted by atomic mass is 10.2. The smallest absolute Gasteiger partial charge is 0.240 e. The minimum atomic E-state index is -3.58. The zero-order chi connectivity index (χ0) is 14.0. The maximum absolute atomic E-state index is 12.1. The van der Waals surface area contributed by atoms with E-state index in [-0.39, 0.29) is 11.4 Å². The van der Waals surface area contributed by atoms with Crippen LogP contribution >= 0.6 is 0 Å². The molecule has 0 fully saturated rings. The summed E-state index contributed by atoms with van der Waals surface area (Å²) in [5.41, 5.74) is 7.48. The van der Waals surface area contributed by atoms with Crippen LogP contribution in [0.3, 0.4) is 0 Å². The molecule has 0 aliphatic carbocycles. The van der Waals surface area contributed by atoms with Gasteiger partial charge in [-0.25, -0.2) is 13.1 Å². The van der Waals surface area contributed by atoms with E-state index in [1.807, 2.05) is 0 Å². The van der Waals surface area contributed by atoms with E-state index in [4.69, 9.17) is 10.3 Å². The summed E-state index contributed by atoms with van der Waals surface area (Å²) in [6.07, 6.45) is 0. The van der Waals surface area contributed by atoms with Crippen molar-refractivity contribution >= 4 is 15.7 Å². The summed E-state index contributed by atoms with van der Waals surface area (Å²) >= 11 is 0. The lowest BCUT2D eigenvalue weighted by molar-refractivity contribution is 0.390. The van der Waals surface area contributed by atoms with E-state index in [0.717, 1.165) is 5.56 Å². The zero-order valence-corrected chi connectivity index (χ0v) is 11.5. The van der Waals surface area contributed by atoms with E-state index in [2.05, 4.69) is 9.88 Å². The van der Waals surface area contributed by atoms with Crippen LogP contribution in [0.25, 0.3) is 0 Å². The molecule has 0 atom stereocenters. The Morgan fingerprint density at radius 1 is 1.32 bits per heavy atom. The number of anilines is 1. The van der Waals surface area contributed by atoms with Crippen molar-refractivity contribution in [3.63, 3.8) is 0 Å². The molecule has 0 spiro atoms. The van der Waals surface area contributed by atoms with Crippen LogP contribution in [0.4, 0.5) is 5.69 Å². The molecule has 0 bridgehead atoms. The fourth-order valence-corrected chi connectivity index (χ4v) is 2.65. The Morgan fingerprint density at radius 3 is 2.63 bits per heavy atom. The zero-order valence-electron chi connectivity index (χ0n) is 10.7. The molecule has 0 aliphatic heterocycles. The van der Waals surface area contributed by atoms with Gasteiger partial charge in [-0.15, -0.1) is 0 Å². The van der Waals surface area contributed by atoms with E-state index >= 15 is 0 Å². The van der Waals surface area contributed by atoms with Gasteiger partial charge >= 0.3 is 0 Å². The van der Waals surface area contributed by atoms with Crippen LogP contribution in [0.2, 0.25) is 0 Å². The van der Waals surface area contributed by atoms with Crippen LogP contribution in [-0.4, -0.2) is 13.6 Å². The van der Waals surface area contributed by atoms with E-state index in [1.165, 1.54) is 12.1 Å². The summed E-state index contributed by atoms with van der Waals surface area (Å²) in [6, 6.07) is 6.26. The molecule has 2 aromatic rings.